The highest BCUT2D eigenvalue weighted by Gasteiger charge is 2.07. The summed E-state index contributed by atoms with van der Waals surface area (Å²) in [5.74, 6) is 0.492. The number of hydrogen-bond acceptors (Lipinski definition) is 3. The number of aromatic nitrogens is 1. The van der Waals surface area contributed by atoms with Crippen LogP contribution in [0, 0.1) is 5.82 Å². The summed E-state index contributed by atoms with van der Waals surface area (Å²) in [5, 5.41) is 3.36. The molecule has 1 aromatic heterocycles. The third-order valence-electron chi connectivity index (χ3n) is 3.02. The minimum absolute atomic E-state index is 0.333. The highest BCUT2D eigenvalue weighted by molar-refractivity contribution is 5.64. The van der Waals surface area contributed by atoms with Crippen molar-refractivity contribution in [3.8, 4) is 16.9 Å². The Morgan fingerprint density at radius 3 is 2.65 bits per heavy atom. The van der Waals surface area contributed by atoms with Gasteiger partial charge in [-0.05, 0) is 23.8 Å². The molecule has 0 amide bonds. The molecule has 2 aromatic rings. The summed E-state index contributed by atoms with van der Waals surface area (Å²) in [6, 6.07) is 7.68. The number of hydrogen-bond donors (Lipinski definition) is 1. The Bertz CT molecular complexity index is 584. The molecule has 0 saturated carbocycles. The van der Waals surface area contributed by atoms with Gasteiger partial charge in [-0.3, -0.25) is 4.98 Å². The quantitative estimate of drug-likeness (QED) is 0.907. The van der Waals surface area contributed by atoms with Crippen molar-refractivity contribution in [3.63, 3.8) is 0 Å². The molecule has 2 rings (SSSR count). The van der Waals surface area contributed by atoms with Crippen molar-refractivity contribution in [2.75, 3.05) is 7.11 Å². The van der Waals surface area contributed by atoms with Crippen molar-refractivity contribution in [1.29, 1.82) is 0 Å². The van der Waals surface area contributed by atoms with Crippen molar-refractivity contribution in [1.82, 2.24) is 10.3 Å². The summed E-state index contributed by atoms with van der Waals surface area (Å²) < 4.78 is 18.6. The lowest BCUT2D eigenvalue weighted by Crippen LogP contribution is -2.22. The number of nitrogens with zero attached hydrogens (tertiary/aromatic N) is 1. The Morgan fingerprint density at radius 2 is 2.00 bits per heavy atom. The van der Waals surface area contributed by atoms with Gasteiger partial charge in [-0.25, -0.2) is 4.39 Å². The van der Waals surface area contributed by atoms with E-state index in [0.29, 0.717) is 12.6 Å². The Hall–Kier alpha value is -1.94. The van der Waals surface area contributed by atoms with Crippen LogP contribution in [0.4, 0.5) is 4.39 Å². The van der Waals surface area contributed by atoms with Gasteiger partial charge in [0.2, 0.25) is 0 Å². The van der Waals surface area contributed by atoms with Crippen LogP contribution in [-0.2, 0) is 6.54 Å². The van der Waals surface area contributed by atoms with Gasteiger partial charge < -0.3 is 10.1 Å². The van der Waals surface area contributed by atoms with Gasteiger partial charge in [0.05, 0.1) is 13.3 Å². The second kappa shape index (κ2) is 6.48. The summed E-state index contributed by atoms with van der Waals surface area (Å²) in [6.07, 6.45) is 2.86. The standard InChI is InChI=1S/C16H19FN2O/c1-11(2)19-9-14-6-12(4-5-16(14)20-3)13-7-15(17)10-18-8-13/h4-8,10-11,19H,9H2,1-3H3. The molecule has 20 heavy (non-hydrogen) atoms. The van der Waals surface area contributed by atoms with Crippen molar-refractivity contribution >= 4 is 0 Å². The summed E-state index contributed by atoms with van der Waals surface area (Å²) in [4.78, 5) is 3.89. The van der Waals surface area contributed by atoms with Crippen LogP contribution in [0.1, 0.15) is 19.4 Å². The molecule has 0 aliphatic carbocycles. The lowest BCUT2D eigenvalue weighted by Gasteiger charge is -2.13. The number of methoxy groups -OCH3 is 1. The number of halogens is 1. The predicted octanol–water partition coefficient (Wildman–Crippen LogP) is 3.39. The molecule has 0 aliphatic heterocycles. The first kappa shape index (κ1) is 14.5. The Labute approximate surface area is 118 Å². The van der Waals surface area contributed by atoms with Gasteiger partial charge in [0.15, 0.2) is 0 Å². The smallest absolute Gasteiger partial charge is 0.142 e. The first-order chi connectivity index (χ1) is 9.60. The molecule has 106 valence electrons. The molecular formula is C16H19FN2O. The zero-order valence-corrected chi connectivity index (χ0v) is 12.0. The van der Waals surface area contributed by atoms with E-state index in [9.17, 15) is 4.39 Å². The molecule has 0 unspecified atom stereocenters. The van der Waals surface area contributed by atoms with Crippen LogP contribution in [0.2, 0.25) is 0 Å². The highest BCUT2D eigenvalue weighted by Crippen LogP contribution is 2.26. The fourth-order valence-corrected chi connectivity index (χ4v) is 1.98. The van der Waals surface area contributed by atoms with Crippen LogP contribution in [-0.4, -0.2) is 18.1 Å². The van der Waals surface area contributed by atoms with E-state index in [1.165, 1.54) is 12.3 Å². The largest absolute Gasteiger partial charge is 0.496 e. The van der Waals surface area contributed by atoms with Gasteiger partial charge in [-0.2, -0.15) is 0 Å². The van der Waals surface area contributed by atoms with Crippen LogP contribution in [0.5, 0.6) is 5.75 Å². The molecule has 0 fully saturated rings. The number of nitrogens with one attached hydrogen (secondary N) is 1. The molecule has 0 saturated heterocycles. The molecule has 0 bridgehead atoms. The maximum absolute atomic E-state index is 13.3. The third kappa shape index (κ3) is 3.54. The van der Waals surface area contributed by atoms with Crippen molar-refractivity contribution in [3.05, 3.63) is 48.0 Å². The highest BCUT2D eigenvalue weighted by atomic mass is 19.1. The maximum atomic E-state index is 13.3. The lowest BCUT2D eigenvalue weighted by molar-refractivity contribution is 0.406. The topological polar surface area (TPSA) is 34.1 Å². The Balaban J connectivity index is 2.33. The zero-order valence-electron chi connectivity index (χ0n) is 12.0. The van der Waals surface area contributed by atoms with Gasteiger partial charge in [0.25, 0.3) is 0 Å². The molecular weight excluding hydrogens is 255 g/mol. The van der Waals surface area contributed by atoms with E-state index in [1.807, 2.05) is 18.2 Å². The van der Waals surface area contributed by atoms with E-state index >= 15 is 0 Å². The van der Waals surface area contributed by atoms with Crippen LogP contribution >= 0.6 is 0 Å². The lowest BCUT2D eigenvalue weighted by atomic mass is 10.0. The molecule has 0 aliphatic rings. The molecule has 1 heterocycles. The SMILES string of the molecule is COc1ccc(-c2cncc(F)c2)cc1CNC(C)C. The Morgan fingerprint density at radius 1 is 1.20 bits per heavy atom. The normalized spacial score (nSPS) is 10.8. The molecule has 1 aromatic carbocycles. The van der Waals surface area contributed by atoms with Crippen LogP contribution < -0.4 is 10.1 Å². The van der Waals surface area contributed by atoms with E-state index in [4.69, 9.17) is 4.74 Å². The van der Waals surface area contributed by atoms with E-state index in [0.717, 1.165) is 22.4 Å². The second-order valence-electron chi connectivity index (χ2n) is 4.95. The third-order valence-corrected chi connectivity index (χ3v) is 3.02. The fourth-order valence-electron chi connectivity index (χ4n) is 1.98. The molecule has 0 radical (unpaired) electrons. The molecule has 3 nitrogen and oxygen atoms in total. The van der Waals surface area contributed by atoms with Crippen LogP contribution in [0.15, 0.2) is 36.7 Å². The maximum Gasteiger partial charge on any atom is 0.142 e. The minimum Gasteiger partial charge on any atom is -0.496 e. The number of pyridine rings is 1. The van der Waals surface area contributed by atoms with E-state index in [2.05, 4.69) is 24.1 Å². The second-order valence-corrected chi connectivity index (χ2v) is 4.95. The van der Waals surface area contributed by atoms with Crippen LogP contribution in [0.3, 0.4) is 0 Å². The Kier molecular flexibility index (Phi) is 4.69. The first-order valence-corrected chi connectivity index (χ1v) is 6.61. The number of benzene rings is 1. The molecule has 1 N–H and O–H groups in total. The summed E-state index contributed by atoms with van der Waals surface area (Å²) >= 11 is 0. The molecule has 4 heteroatoms. The fraction of sp³-hybridized carbons (Fsp3) is 0.312. The monoisotopic (exact) mass is 274 g/mol. The van der Waals surface area contributed by atoms with Crippen molar-refractivity contribution < 1.29 is 9.13 Å². The first-order valence-electron chi connectivity index (χ1n) is 6.61. The van der Waals surface area contributed by atoms with E-state index < -0.39 is 0 Å². The zero-order chi connectivity index (χ0) is 14.5. The van der Waals surface area contributed by atoms with Crippen molar-refractivity contribution in [2.24, 2.45) is 0 Å². The summed E-state index contributed by atoms with van der Waals surface area (Å²) in [5.41, 5.74) is 2.74. The van der Waals surface area contributed by atoms with E-state index in [1.54, 1.807) is 13.3 Å². The van der Waals surface area contributed by atoms with Crippen molar-refractivity contribution in [2.45, 2.75) is 26.4 Å². The minimum atomic E-state index is -0.333. The van der Waals surface area contributed by atoms with Gasteiger partial charge in [-0.1, -0.05) is 19.9 Å². The summed E-state index contributed by atoms with van der Waals surface area (Å²) in [6.45, 7) is 4.89. The predicted molar refractivity (Wildman–Crippen MR) is 78.2 cm³/mol. The van der Waals surface area contributed by atoms with Gasteiger partial charge >= 0.3 is 0 Å². The average Bonchev–Trinajstić information content (AvgIpc) is 2.44. The number of rotatable bonds is 5. The van der Waals surface area contributed by atoms with Crippen LogP contribution in [0.25, 0.3) is 11.1 Å². The number of ether oxygens (including phenoxy) is 1. The average molecular weight is 274 g/mol. The van der Waals surface area contributed by atoms with E-state index in [-0.39, 0.29) is 5.82 Å². The van der Waals surface area contributed by atoms with Gasteiger partial charge in [0, 0.05) is 29.9 Å². The van der Waals surface area contributed by atoms with Gasteiger partial charge in [-0.15, -0.1) is 0 Å². The molecule has 0 atom stereocenters. The molecule has 0 spiro atoms. The summed E-state index contributed by atoms with van der Waals surface area (Å²) in [7, 11) is 1.65. The van der Waals surface area contributed by atoms with Gasteiger partial charge in [0.1, 0.15) is 11.6 Å².